The van der Waals surface area contributed by atoms with Crippen molar-refractivity contribution in [1.82, 2.24) is 0 Å². The van der Waals surface area contributed by atoms with Gasteiger partial charge in [-0.1, -0.05) is 25.8 Å². The first kappa shape index (κ1) is 20.0. The van der Waals surface area contributed by atoms with Gasteiger partial charge >= 0.3 is 0 Å². The van der Waals surface area contributed by atoms with Crippen LogP contribution in [0, 0.1) is 0 Å². The smallest absolute Gasteiger partial charge is 0.248 e. The first-order chi connectivity index (χ1) is 12.6. The number of rotatable bonds is 9. The Balaban J connectivity index is 1.86. The molecule has 0 saturated heterocycles. The molecule has 0 atom stereocenters. The van der Waals surface area contributed by atoms with Crippen molar-refractivity contribution in [3.05, 3.63) is 58.6 Å². The monoisotopic (exact) mass is 417 g/mol. The number of hydrogen-bond acceptors (Lipinski definition) is 3. The lowest BCUT2D eigenvalue weighted by Gasteiger charge is -2.07. The number of anilines is 1. The Morgan fingerprint density at radius 2 is 1.92 bits per heavy atom. The van der Waals surface area contributed by atoms with Crippen molar-refractivity contribution < 1.29 is 14.3 Å². The van der Waals surface area contributed by atoms with Crippen molar-refractivity contribution in [2.24, 2.45) is 0 Å². The molecule has 2 aromatic carbocycles. The quantitative estimate of drug-likeness (QED) is 0.421. The minimum Gasteiger partial charge on any atom is -0.496 e. The maximum Gasteiger partial charge on any atom is 0.248 e. The number of methoxy groups -OCH3 is 1. The maximum atomic E-state index is 12.1. The topological polar surface area (TPSA) is 47.6 Å². The van der Waals surface area contributed by atoms with Crippen molar-refractivity contribution in [3.8, 4) is 11.5 Å². The van der Waals surface area contributed by atoms with Crippen molar-refractivity contribution in [2.45, 2.75) is 26.2 Å². The largest absolute Gasteiger partial charge is 0.496 e. The predicted molar refractivity (Wildman–Crippen MR) is 110 cm³/mol. The second-order valence-electron chi connectivity index (χ2n) is 5.80. The van der Waals surface area contributed by atoms with Gasteiger partial charge < -0.3 is 14.8 Å². The highest BCUT2D eigenvalue weighted by Crippen LogP contribution is 2.26. The highest BCUT2D eigenvalue weighted by atomic mass is 79.9. The number of benzene rings is 2. The van der Waals surface area contributed by atoms with Gasteiger partial charge in [-0.3, -0.25) is 4.79 Å². The van der Waals surface area contributed by atoms with Gasteiger partial charge in [0.15, 0.2) is 0 Å². The molecule has 0 radical (unpaired) electrons. The summed E-state index contributed by atoms with van der Waals surface area (Å²) >= 11 is 3.43. The molecule has 0 bridgehead atoms. The molecule has 0 spiro atoms. The summed E-state index contributed by atoms with van der Waals surface area (Å²) in [6, 6.07) is 13.0. The molecule has 0 saturated carbocycles. The van der Waals surface area contributed by atoms with Crippen LogP contribution in [0.25, 0.3) is 6.08 Å². The molecular weight excluding hydrogens is 394 g/mol. The summed E-state index contributed by atoms with van der Waals surface area (Å²) in [5.74, 6) is 1.38. The van der Waals surface area contributed by atoms with E-state index >= 15 is 0 Å². The molecule has 5 heteroatoms. The molecular formula is C21H24BrNO3. The van der Waals surface area contributed by atoms with Crippen LogP contribution < -0.4 is 14.8 Å². The van der Waals surface area contributed by atoms with Gasteiger partial charge in [0.2, 0.25) is 5.91 Å². The van der Waals surface area contributed by atoms with E-state index in [0.717, 1.165) is 40.3 Å². The van der Waals surface area contributed by atoms with E-state index < -0.39 is 0 Å². The third-order valence-electron chi connectivity index (χ3n) is 3.74. The van der Waals surface area contributed by atoms with E-state index in [1.165, 1.54) is 18.9 Å². The third-order valence-corrected chi connectivity index (χ3v) is 4.36. The summed E-state index contributed by atoms with van der Waals surface area (Å²) in [6.45, 7) is 2.89. The van der Waals surface area contributed by atoms with Gasteiger partial charge in [0, 0.05) is 11.8 Å². The number of ether oxygens (including phenoxy) is 2. The number of halogens is 1. The van der Waals surface area contributed by atoms with E-state index in [9.17, 15) is 4.79 Å². The van der Waals surface area contributed by atoms with Crippen LogP contribution in [0.2, 0.25) is 0 Å². The molecule has 0 heterocycles. The number of nitrogens with one attached hydrogen (secondary N) is 1. The summed E-state index contributed by atoms with van der Waals surface area (Å²) in [7, 11) is 1.62. The van der Waals surface area contributed by atoms with Gasteiger partial charge in [-0.15, -0.1) is 0 Å². The van der Waals surface area contributed by atoms with E-state index in [1.807, 2.05) is 42.5 Å². The van der Waals surface area contributed by atoms with E-state index in [4.69, 9.17) is 9.47 Å². The Labute approximate surface area is 163 Å². The zero-order chi connectivity index (χ0) is 18.8. The molecule has 1 N–H and O–H groups in total. The van der Waals surface area contributed by atoms with Crippen LogP contribution in [0.15, 0.2) is 53.0 Å². The summed E-state index contributed by atoms with van der Waals surface area (Å²) in [5, 5.41) is 2.84. The molecule has 1 amide bonds. The Bertz CT molecular complexity index is 741. The first-order valence-electron chi connectivity index (χ1n) is 8.68. The Morgan fingerprint density at radius 3 is 2.58 bits per heavy atom. The Morgan fingerprint density at radius 1 is 1.15 bits per heavy atom. The predicted octanol–water partition coefficient (Wildman–Crippen LogP) is 5.68. The molecule has 0 fully saturated rings. The number of amides is 1. The first-order valence-corrected chi connectivity index (χ1v) is 9.47. The zero-order valence-corrected chi connectivity index (χ0v) is 16.7. The van der Waals surface area contributed by atoms with E-state index in [1.54, 1.807) is 13.2 Å². The fourth-order valence-corrected chi connectivity index (χ4v) is 2.88. The second kappa shape index (κ2) is 10.7. The van der Waals surface area contributed by atoms with Crippen LogP contribution in [-0.4, -0.2) is 19.6 Å². The Kier molecular flexibility index (Phi) is 8.22. The lowest BCUT2D eigenvalue weighted by molar-refractivity contribution is -0.111. The molecule has 0 aliphatic heterocycles. The number of hydrogen-bond donors (Lipinski definition) is 1. The summed E-state index contributed by atoms with van der Waals surface area (Å²) in [6.07, 6.45) is 6.66. The van der Waals surface area contributed by atoms with Gasteiger partial charge in [0.1, 0.15) is 11.5 Å². The average molecular weight is 418 g/mol. The lowest BCUT2D eigenvalue weighted by atomic mass is 10.2. The summed E-state index contributed by atoms with van der Waals surface area (Å²) in [5.41, 5.74) is 1.64. The van der Waals surface area contributed by atoms with Crippen LogP contribution in [0.1, 0.15) is 31.7 Å². The van der Waals surface area contributed by atoms with Crippen LogP contribution in [0.5, 0.6) is 11.5 Å². The van der Waals surface area contributed by atoms with Gasteiger partial charge in [0.25, 0.3) is 0 Å². The second-order valence-corrected chi connectivity index (χ2v) is 6.65. The number of carbonyl (C=O) groups excluding carboxylic acids is 1. The van der Waals surface area contributed by atoms with Crippen molar-refractivity contribution >= 4 is 33.6 Å². The highest BCUT2D eigenvalue weighted by Gasteiger charge is 2.02. The van der Waals surface area contributed by atoms with Crippen molar-refractivity contribution in [1.29, 1.82) is 0 Å². The van der Waals surface area contributed by atoms with E-state index in [-0.39, 0.29) is 5.91 Å². The van der Waals surface area contributed by atoms with Crippen molar-refractivity contribution in [2.75, 3.05) is 19.0 Å². The van der Waals surface area contributed by atoms with Gasteiger partial charge in [-0.05, 0) is 70.4 Å². The fraction of sp³-hybridized carbons (Fsp3) is 0.286. The maximum absolute atomic E-state index is 12.1. The number of carbonyl (C=O) groups is 1. The highest BCUT2D eigenvalue weighted by molar-refractivity contribution is 9.10. The molecule has 2 aromatic rings. The van der Waals surface area contributed by atoms with Crippen LogP contribution in [0.3, 0.4) is 0 Å². The molecule has 138 valence electrons. The summed E-state index contributed by atoms with van der Waals surface area (Å²) in [4.78, 5) is 12.1. The van der Waals surface area contributed by atoms with Crippen LogP contribution in [0.4, 0.5) is 5.69 Å². The zero-order valence-electron chi connectivity index (χ0n) is 15.1. The fourth-order valence-electron chi connectivity index (χ4n) is 2.32. The minimum atomic E-state index is -0.187. The van der Waals surface area contributed by atoms with Gasteiger partial charge in [0.05, 0.1) is 18.2 Å². The standard InChI is InChI=1S/C21H24BrNO3/c1-3-4-5-14-26-18-10-8-17(9-11-18)23-21(24)13-7-16-6-12-20(25-2)19(22)15-16/h6-13,15H,3-5,14H2,1-2H3,(H,23,24). The van der Waals surface area contributed by atoms with Gasteiger partial charge in [-0.2, -0.15) is 0 Å². The van der Waals surface area contributed by atoms with Crippen molar-refractivity contribution in [3.63, 3.8) is 0 Å². The van der Waals surface area contributed by atoms with Gasteiger partial charge in [-0.25, -0.2) is 0 Å². The normalized spacial score (nSPS) is 10.7. The molecule has 0 aliphatic carbocycles. The number of unbranched alkanes of at least 4 members (excludes halogenated alkanes) is 2. The summed E-state index contributed by atoms with van der Waals surface area (Å²) < 4.78 is 11.7. The molecule has 0 aliphatic rings. The molecule has 26 heavy (non-hydrogen) atoms. The molecule has 2 rings (SSSR count). The minimum absolute atomic E-state index is 0.187. The Hall–Kier alpha value is -2.27. The molecule has 4 nitrogen and oxygen atoms in total. The van der Waals surface area contributed by atoms with Crippen LogP contribution in [-0.2, 0) is 4.79 Å². The van der Waals surface area contributed by atoms with Crippen LogP contribution >= 0.6 is 15.9 Å². The van der Waals surface area contributed by atoms with E-state index in [0.29, 0.717) is 0 Å². The average Bonchev–Trinajstić information content (AvgIpc) is 2.65. The SMILES string of the molecule is CCCCCOc1ccc(NC(=O)C=Cc2ccc(OC)c(Br)c2)cc1. The third kappa shape index (κ3) is 6.56. The van der Waals surface area contributed by atoms with E-state index in [2.05, 4.69) is 28.2 Å². The lowest BCUT2D eigenvalue weighted by Crippen LogP contribution is -2.07. The molecule has 0 aromatic heterocycles. The molecule has 0 unspecified atom stereocenters.